The number of carbonyl (C=O) groups is 1. The molecule has 0 unspecified atom stereocenters. The van der Waals surface area contributed by atoms with Crippen LogP contribution in [-0.2, 0) is 18.4 Å². The van der Waals surface area contributed by atoms with Gasteiger partial charge in [-0.05, 0) is 19.9 Å². The van der Waals surface area contributed by atoms with E-state index in [9.17, 15) is 4.79 Å². The molecule has 1 saturated carbocycles. The Morgan fingerprint density at radius 3 is 2.94 bits per heavy atom. The summed E-state index contributed by atoms with van der Waals surface area (Å²) in [5.74, 6) is 1.79. The zero-order valence-electron chi connectivity index (χ0n) is 10.8. The Labute approximate surface area is 111 Å². The molecule has 1 aromatic rings. The molecular formula is C11H19N5OS. The molecule has 1 aromatic heterocycles. The molecular weight excluding hydrogens is 250 g/mol. The van der Waals surface area contributed by atoms with E-state index in [0.29, 0.717) is 19.0 Å². The zero-order chi connectivity index (χ0) is 13.0. The van der Waals surface area contributed by atoms with Gasteiger partial charge in [0.25, 0.3) is 0 Å². The number of aromatic nitrogens is 3. The van der Waals surface area contributed by atoms with E-state index in [4.69, 9.17) is 0 Å². The van der Waals surface area contributed by atoms with Gasteiger partial charge in [-0.1, -0.05) is 11.8 Å². The maximum absolute atomic E-state index is 11.5. The first-order valence-corrected chi connectivity index (χ1v) is 7.14. The predicted octanol–water partition coefficient (Wildman–Crippen LogP) is 0.295. The van der Waals surface area contributed by atoms with Crippen LogP contribution in [0.2, 0.25) is 0 Å². The van der Waals surface area contributed by atoms with Crippen LogP contribution in [0, 0.1) is 0 Å². The van der Waals surface area contributed by atoms with E-state index < -0.39 is 0 Å². The van der Waals surface area contributed by atoms with Gasteiger partial charge in [-0.2, -0.15) is 0 Å². The van der Waals surface area contributed by atoms with Gasteiger partial charge in [0.15, 0.2) is 5.16 Å². The Morgan fingerprint density at radius 2 is 2.28 bits per heavy atom. The fraction of sp³-hybridized carbons (Fsp3) is 0.727. The molecule has 18 heavy (non-hydrogen) atoms. The first kappa shape index (κ1) is 13.4. The number of thioether (sulfide) groups is 1. The van der Waals surface area contributed by atoms with Gasteiger partial charge < -0.3 is 15.2 Å². The predicted molar refractivity (Wildman–Crippen MR) is 70.3 cm³/mol. The lowest BCUT2D eigenvalue weighted by Crippen LogP contribution is -2.25. The Kier molecular flexibility index (Phi) is 4.60. The van der Waals surface area contributed by atoms with Crippen molar-refractivity contribution in [3.05, 3.63) is 5.82 Å². The summed E-state index contributed by atoms with van der Waals surface area (Å²) in [5.41, 5.74) is 0. The molecule has 0 saturated heterocycles. The van der Waals surface area contributed by atoms with E-state index in [1.165, 1.54) is 0 Å². The van der Waals surface area contributed by atoms with Crippen LogP contribution in [-0.4, -0.2) is 39.5 Å². The largest absolute Gasteiger partial charge is 0.353 e. The molecule has 0 radical (unpaired) electrons. The molecule has 1 heterocycles. The third-order valence-electron chi connectivity index (χ3n) is 2.76. The molecule has 0 aromatic carbocycles. The van der Waals surface area contributed by atoms with Gasteiger partial charge in [-0.3, -0.25) is 4.79 Å². The van der Waals surface area contributed by atoms with Crippen molar-refractivity contribution in [1.29, 1.82) is 0 Å². The minimum Gasteiger partial charge on any atom is -0.353 e. The quantitative estimate of drug-likeness (QED) is 0.696. The van der Waals surface area contributed by atoms with Gasteiger partial charge >= 0.3 is 0 Å². The second-order valence-corrected chi connectivity index (χ2v) is 5.49. The fourth-order valence-corrected chi connectivity index (χ4v) is 2.41. The first-order valence-electron chi connectivity index (χ1n) is 6.15. The van der Waals surface area contributed by atoms with Crippen molar-refractivity contribution in [1.82, 2.24) is 25.4 Å². The van der Waals surface area contributed by atoms with Crippen LogP contribution in [0.4, 0.5) is 0 Å². The van der Waals surface area contributed by atoms with E-state index in [0.717, 1.165) is 29.6 Å². The highest BCUT2D eigenvalue weighted by Gasteiger charge is 2.22. The number of amides is 1. The van der Waals surface area contributed by atoms with Crippen molar-refractivity contribution in [3.63, 3.8) is 0 Å². The topological polar surface area (TPSA) is 71.8 Å². The highest BCUT2D eigenvalue weighted by molar-refractivity contribution is 7.99. The van der Waals surface area contributed by atoms with Crippen LogP contribution >= 0.6 is 11.8 Å². The first-order chi connectivity index (χ1) is 8.70. The fourth-order valence-electron chi connectivity index (χ4n) is 1.55. The molecule has 0 aliphatic heterocycles. The summed E-state index contributed by atoms with van der Waals surface area (Å²) < 4.78 is 1.96. The van der Waals surface area contributed by atoms with Crippen LogP contribution in [0.3, 0.4) is 0 Å². The summed E-state index contributed by atoms with van der Waals surface area (Å²) in [6.45, 7) is 0.701. The molecule has 2 N–H and O–H groups in total. The van der Waals surface area contributed by atoms with Crippen LogP contribution in [0.15, 0.2) is 5.16 Å². The molecule has 1 amide bonds. The van der Waals surface area contributed by atoms with E-state index >= 15 is 0 Å². The molecule has 1 aliphatic carbocycles. The molecule has 7 heteroatoms. The average Bonchev–Trinajstić information content (AvgIpc) is 3.08. The molecule has 0 bridgehead atoms. The Hall–Kier alpha value is -1.08. The molecule has 2 rings (SSSR count). The number of rotatable bonds is 7. The molecule has 6 nitrogen and oxygen atoms in total. The number of carbonyl (C=O) groups excluding carboxylic acids is 1. The molecule has 1 aliphatic rings. The van der Waals surface area contributed by atoms with Gasteiger partial charge in [-0.25, -0.2) is 0 Å². The maximum Gasteiger partial charge on any atom is 0.221 e. The maximum atomic E-state index is 11.5. The van der Waals surface area contributed by atoms with Crippen molar-refractivity contribution < 1.29 is 4.79 Å². The van der Waals surface area contributed by atoms with E-state index in [2.05, 4.69) is 20.8 Å². The van der Waals surface area contributed by atoms with Gasteiger partial charge in [0.1, 0.15) is 5.82 Å². The van der Waals surface area contributed by atoms with Crippen molar-refractivity contribution in [2.75, 3.05) is 12.8 Å². The highest BCUT2D eigenvalue weighted by atomic mass is 32.2. The second kappa shape index (κ2) is 6.19. The van der Waals surface area contributed by atoms with E-state index in [1.807, 2.05) is 18.7 Å². The van der Waals surface area contributed by atoms with Gasteiger partial charge in [0.05, 0.1) is 6.54 Å². The van der Waals surface area contributed by atoms with E-state index in [1.54, 1.807) is 11.8 Å². The number of nitrogens with one attached hydrogen (secondary N) is 2. The van der Waals surface area contributed by atoms with Crippen molar-refractivity contribution in [2.24, 2.45) is 7.05 Å². The standard InChI is InChI=1S/C11H19N5OS/c1-12-7-9-14-15-11(16(9)2)18-6-5-10(17)13-8-3-4-8/h8,12H,3-7H2,1-2H3,(H,13,17). The van der Waals surface area contributed by atoms with Crippen LogP contribution < -0.4 is 10.6 Å². The second-order valence-electron chi connectivity index (χ2n) is 4.43. The average molecular weight is 269 g/mol. The van der Waals surface area contributed by atoms with Gasteiger partial charge in [0.2, 0.25) is 5.91 Å². The van der Waals surface area contributed by atoms with E-state index in [-0.39, 0.29) is 5.91 Å². The summed E-state index contributed by atoms with van der Waals surface area (Å²) >= 11 is 1.57. The molecule has 100 valence electrons. The Bertz CT molecular complexity index is 416. The number of hydrogen-bond acceptors (Lipinski definition) is 5. The third kappa shape index (κ3) is 3.71. The summed E-state index contributed by atoms with van der Waals surface area (Å²) in [4.78, 5) is 11.5. The van der Waals surface area contributed by atoms with Gasteiger partial charge in [-0.15, -0.1) is 10.2 Å². The lowest BCUT2D eigenvalue weighted by atomic mass is 10.4. The van der Waals surface area contributed by atoms with Crippen LogP contribution in [0.1, 0.15) is 25.1 Å². The summed E-state index contributed by atoms with van der Waals surface area (Å²) in [5, 5.41) is 15.1. The summed E-state index contributed by atoms with van der Waals surface area (Å²) in [6.07, 6.45) is 2.81. The summed E-state index contributed by atoms with van der Waals surface area (Å²) in [6, 6.07) is 0.444. The van der Waals surface area contributed by atoms with Gasteiger partial charge in [0, 0.05) is 25.3 Å². The SMILES string of the molecule is CNCc1nnc(SCCC(=O)NC2CC2)n1C. The Balaban J connectivity index is 1.73. The molecule has 1 fully saturated rings. The molecule has 0 atom stereocenters. The van der Waals surface area contributed by atoms with Crippen molar-refractivity contribution in [2.45, 2.75) is 37.0 Å². The lowest BCUT2D eigenvalue weighted by molar-refractivity contribution is -0.120. The minimum atomic E-state index is 0.141. The van der Waals surface area contributed by atoms with Crippen LogP contribution in [0.25, 0.3) is 0 Å². The zero-order valence-corrected chi connectivity index (χ0v) is 11.6. The summed E-state index contributed by atoms with van der Waals surface area (Å²) in [7, 11) is 3.82. The smallest absolute Gasteiger partial charge is 0.221 e. The third-order valence-corrected chi connectivity index (χ3v) is 3.78. The highest BCUT2D eigenvalue weighted by Crippen LogP contribution is 2.20. The van der Waals surface area contributed by atoms with Crippen LogP contribution in [0.5, 0.6) is 0 Å². The lowest BCUT2D eigenvalue weighted by Gasteiger charge is -2.04. The number of nitrogens with zero attached hydrogens (tertiary/aromatic N) is 3. The van der Waals surface area contributed by atoms with Crippen molar-refractivity contribution >= 4 is 17.7 Å². The normalized spacial score (nSPS) is 14.8. The minimum absolute atomic E-state index is 0.141. The van der Waals surface area contributed by atoms with Crippen molar-refractivity contribution in [3.8, 4) is 0 Å². The molecule has 0 spiro atoms. The monoisotopic (exact) mass is 269 g/mol. The number of hydrogen-bond donors (Lipinski definition) is 2. The Morgan fingerprint density at radius 1 is 1.50 bits per heavy atom.